The lowest BCUT2D eigenvalue weighted by molar-refractivity contribution is -0.137. The molecule has 0 amide bonds. The van der Waals surface area contributed by atoms with Crippen LogP contribution in [-0.4, -0.2) is 36.2 Å². The molecule has 1 aliphatic heterocycles. The first kappa shape index (κ1) is 15.8. The summed E-state index contributed by atoms with van der Waals surface area (Å²) in [5.74, 6) is 0.721. The second-order valence-corrected chi connectivity index (χ2v) is 5.78. The summed E-state index contributed by atoms with van der Waals surface area (Å²) < 4.78 is 5.21. The van der Waals surface area contributed by atoms with Gasteiger partial charge in [-0.05, 0) is 49.4 Å². The number of hydrogen-bond acceptors (Lipinski definition) is 3. The number of ether oxygens (including phenoxy) is 1. The van der Waals surface area contributed by atoms with Gasteiger partial charge in [0.15, 0.2) is 0 Å². The zero-order chi connectivity index (χ0) is 15.2. The zero-order valence-electron chi connectivity index (χ0n) is 12.9. The molecule has 0 radical (unpaired) electrons. The lowest BCUT2D eigenvalue weighted by Crippen LogP contribution is -2.26. The fraction of sp³-hybridized carbons (Fsp3) is 0.588. The summed E-state index contributed by atoms with van der Waals surface area (Å²) in [6.07, 6.45) is 3.26. The Morgan fingerprint density at radius 3 is 2.71 bits per heavy atom. The van der Waals surface area contributed by atoms with Crippen LogP contribution in [0.1, 0.15) is 44.2 Å². The number of aliphatic carboxylic acids is 1. The summed E-state index contributed by atoms with van der Waals surface area (Å²) in [5, 5.41) is 8.80. The molecule has 2 atom stereocenters. The van der Waals surface area contributed by atoms with Gasteiger partial charge in [0.05, 0.1) is 7.11 Å². The molecule has 2 unspecified atom stereocenters. The van der Waals surface area contributed by atoms with E-state index in [1.165, 1.54) is 5.56 Å². The van der Waals surface area contributed by atoms with Gasteiger partial charge in [-0.3, -0.25) is 9.69 Å². The van der Waals surface area contributed by atoms with Crippen molar-refractivity contribution in [2.45, 2.75) is 38.6 Å². The van der Waals surface area contributed by atoms with Crippen LogP contribution in [0, 0.1) is 5.92 Å². The molecule has 2 rings (SSSR count). The molecule has 1 saturated heterocycles. The second-order valence-electron chi connectivity index (χ2n) is 5.78. The normalized spacial score (nSPS) is 20.4. The Kier molecular flexibility index (Phi) is 5.62. The van der Waals surface area contributed by atoms with Crippen molar-refractivity contribution >= 4 is 5.97 Å². The van der Waals surface area contributed by atoms with Crippen LogP contribution in [0.25, 0.3) is 0 Å². The first-order chi connectivity index (χ1) is 10.1. The van der Waals surface area contributed by atoms with E-state index in [2.05, 4.69) is 24.0 Å². The Labute approximate surface area is 126 Å². The molecule has 1 heterocycles. The molecule has 0 aliphatic carbocycles. The highest BCUT2D eigenvalue weighted by Gasteiger charge is 2.28. The van der Waals surface area contributed by atoms with E-state index in [1.807, 2.05) is 12.1 Å². The number of likely N-dealkylation sites (tertiary alicyclic amines) is 1. The topological polar surface area (TPSA) is 49.8 Å². The van der Waals surface area contributed by atoms with Gasteiger partial charge in [-0.15, -0.1) is 0 Å². The van der Waals surface area contributed by atoms with Crippen molar-refractivity contribution in [2.75, 3.05) is 20.2 Å². The van der Waals surface area contributed by atoms with Crippen LogP contribution < -0.4 is 4.74 Å². The predicted molar refractivity (Wildman–Crippen MR) is 82.6 cm³/mol. The Bertz CT molecular complexity index is 458. The van der Waals surface area contributed by atoms with E-state index in [1.54, 1.807) is 7.11 Å². The average Bonchev–Trinajstić information content (AvgIpc) is 2.95. The summed E-state index contributed by atoms with van der Waals surface area (Å²) in [4.78, 5) is 13.2. The van der Waals surface area contributed by atoms with Gasteiger partial charge in [0.25, 0.3) is 0 Å². The molecule has 0 bridgehead atoms. The van der Waals surface area contributed by atoms with Crippen molar-refractivity contribution in [1.82, 2.24) is 4.90 Å². The molecule has 1 fully saturated rings. The quantitative estimate of drug-likeness (QED) is 0.837. The number of nitrogens with zero attached hydrogens (tertiary/aromatic N) is 1. The Morgan fingerprint density at radius 2 is 2.14 bits per heavy atom. The lowest BCUT2D eigenvalue weighted by atomic mass is 10.0. The van der Waals surface area contributed by atoms with Gasteiger partial charge in [-0.1, -0.05) is 19.1 Å². The van der Waals surface area contributed by atoms with Crippen LogP contribution in [0.5, 0.6) is 5.75 Å². The number of hydrogen-bond donors (Lipinski definition) is 1. The highest BCUT2D eigenvalue weighted by atomic mass is 16.5. The van der Waals surface area contributed by atoms with Crippen molar-refractivity contribution in [2.24, 2.45) is 5.92 Å². The van der Waals surface area contributed by atoms with Crippen molar-refractivity contribution in [3.05, 3.63) is 29.8 Å². The second kappa shape index (κ2) is 7.46. The summed E-state index contributed by atoms with van der Waals surface area (Å²) in [6, 6.07) is 8.71. The minimum Gasteiger partial charge on any atom is -0.497 e. The van der Waals surface area contributed by atoms with Crippen LogP contribution in [0.3, 0.4) is 0 Å². The molecule has 1 aliphatic rings. The first-order valence-corrected chi connectivity index (χ1v) is 7.73. The number of carboxylic acid groups (broad SMARTS) is 1. The maximum absolute atomic E-state index is 10.7. The maximum Gasteiger partial charge on any atom is 0.303 e. The van der Waals surface area contributed by atoms with E-state index in [0.717, 1.165) is 38.1 Å². The monoisotopic (exact) mass is 291 g/mol. The summed E-state index contributed by atoms with van der Waals surface area (Å²) in [6.45, 7) is 4.28. The molecule has 1 N–H and O–H groups in total. The molecule has 1 aromatic rings. The van der Waals surface area contributed by atoms with Gasteiger partial charge in [0.1, 0.15) is 5.75 Å². The Balaban J connectivity index is 1.96. The molecule has 0 saturated carbocycles. The number of methoxy groups -OCH3 is 1. The molecule has 1 aromatic carbocycles. The molecular formula is C17H25NO3. The average molecular weight is 291 g/mol. The van der Waals surface area contributed by atoms with Gasteiger partial charge in [0.2, 0.25) is 0 Å². The van der Waals surface area contributed by atoms with Crippen LogP contribution in [-0.2, 0) is 4.79 Å². The van der Waals surface area contributed by atoms with Gasteiger partial charge in [-0.25, -0.2) is 0 Å². The van der Waals surface area contributed by atoms with Crippen molar-refractivity contribution in [3.8, 4) is 5.75 Å². The van der Waals surface area contributed by atoms with E-state index in [0.29, 0.717) is 12.0 Å². The molecular weight excluding hydrogens is 266 g/mol. The number of rotatable bonds is 7. The largest absolute Gasteiger partial charge is 0.497 e. The van der Waals surface area contributed by atoms with Gasteiger partial charge < -0.3 is 9.84 Å². The van der Waals surface area contributed by atoms with Gasteiger partial charge >= 0.3 is 5.97 Å². The van der Waals surface area contributed by atoms with E-state index in [4.69, 9.17) is 9.84 Å². The summed E-state index contributed by atoms with van der Waals surface area (Å²) in [5.41, 5.74) is 1.32. The van der Waals surface area contributed by atoms with Gasteiger partial charge in [-0.2, -0.15) is 0 Å². The van der Waals surface area contributed by atoms with Crippen LogP contribution in [0.15, 0.2) is 24.3 Å². The van der Waals surface area contributed by atoms with E-state index >= 15 is 0 Å². The van der Waals surface area contributed by atoms with Crippen molar-refractivity contribution < 1.29 is 14.6 Å². The highest BCUT2D eigenvalue weighted by molar-refractivity contribution is 5.66. The van der Waals surface area contributed by atoms with Crippen molar-refractivity contribution in [3.63, 3.8) is 0 Å². The number of carboxylic acids is 1. The van der Waals surface area contributed by atoms with Crippen LogP contribution in [0.2, 0.25) is 0 Å². The predicted octanol–water partition coefficient (Wildman–Crippen LogP) is 3.33. The fourth-order valence-corrected chi connectivity index (χ4v) is 3.24. The SMILES string of the molecule is CCC(c1ccc(OC)cc1)N1CCC(CCC(=O)O)C1. The number of carbonyl (C=O) groups is 1. The van der Waals surface area contributed by atoms with E-state index in [9.17, 15) is 4.79 Å². The summed E-state index contributed by atoms with van der Waals surface area (Å²) >= 11 is 0. The molecule has 0 spiro atoms. The third-order valence-corrected chi connectivity index (χ3v) is 4.41. The minimum atomic E-state index is -0.685. The third kappa shape index (κ3) is 4.21. The zero-order valence-corrected chi connectivity index (χ0v) is 12.9. The fourth-order valence-electron chi connectivity index (χ4n) is 3.24. The Morgan fingerprint density at radius 1 is 1.43 bits per heavy atom. The summed E-state index contributed by atoms with van der Waals surface area (Å²) in [7, 11) is 1.68. The van der Waals surface area contributed by atoms with E-state index < -0.39 is 5.97 Å². The molecule has 4 heteroatoms. The standard InChI is InChI=1S/C17H25NO3/c1-3-16(14-5-7-15(21-2)8-6-14)18-11-10-13(12-18)4-9-17(19)20/h5-8,13,16H,3-4,9-12H2,1-2H3,(H,19,20). The number of benzene rings is 1. The third-order valence-electron chi connectivity index (χ3n) is 4.41. The highest BCUT2D eigenvalue weighted by Crippen LogP contribution is 2.32. The smallest absolute Gasteiger partial charge is 0.303 e. The minimum absolute atomic E-state index is 0.290. The Hall–Kier alpha value is -1.55. The molecule has 116 valence electrons. The van der Waals surface area contributed by atoms with Crippen LogP contribution in [0.4, 0.5) is 0 Å². The van der Waals surface area contributed by atoms with Crippen LogP contribution >= 0.6 is 0 Å². The van der Waals surface area contributed by atoms with Crippen molar-refractivity contribution in [1.29, 1.82) is 0 Å². The van der Waals surface area contributed by atoms with E-state index in [-0.39, 0.29) is 6.42 Å². The molecule has 0 aromatic heterocycles. The molecule has 4 nitrogen and oxygen atoms in total. The first-order valence-electron chi connectivity index (χ1n) is 7.73. The maximum atomic E-state index is 10.7. The molecule has 21 heavy (non-hydrogen) atoms. The lowest BCUT2D eigenvalue weighted by Gasteiger charge is -2.27. The van der Waals surface area contributed by atoms with Gasteiger partial charge in [0, 0.05) is 19.0 Å².